The number of likely N-dealkylation sites (tertiary alicyclic amines) is 1. The van der Waals surface area contributed by atoms with Crippen LogP contribution in [0.4, 0.5) is 0 Å². The Morgan fingerprint density at radius 3 is 2.31 bits per heavy atom. The van der Waals surface area contributed by atoms with E-state index in [-0.39, 0.29) is 0 Å². The van der Waals surface area contributed by atoms with Gasteiger partial charge in [0.05, 0.1) is 6.04 Å². The van der Waals surface area contributed by atoms with Crippen LogP contribution in [0.3, 0.4) is 0 Å². The van der Waals surface area contributed by atoms with Gasteiger partial charge in [-0.15, -0.1) is 0 Å². The molecule has 140 valence electrons. The molecule has 1 aromatic rings. The molecule has 1 saturated carbocycles. The second-order valence-electron chi connectivity index (χ2n) is 9.13. The summed E-state index contributed by atoms with van der Waals surface area (Å²) in [7, 11) is 0. The number of carbonyl (C=O) groups excluding carboxylic acids is 1. The van der Waals surface area contributed by atoms with Crippen molar-refractivity contribution in [2.75, 3.05) is 13.1 Å². The van der Waals surface area contributed by atoms with Crippen molar-refractivity contribution in [3.8, 4) is 0 Å². The van der Waals surface area contributed by atoms with E-state index in [0.717, 1.165) is 24.8 Å². The van der Waals surface area contributed by atoms with Gasteiger partial charge in [-0.2, -0.15) is 0 Å². The van der Waals surface area contributed by atoms with Gasteiger partial charge < -0.3 is 4.90 Å². The number of rotatable bonds is 3. The second-order valence-corrected chi connectivity index (χ2v) is 9.13. The molecule has 0 unspecified atom stereocenters. The second kappa shape index (κ2) is 6.99. The molecule has 5 fully saturated rings. The van der Waals surface area contributed by atoms with Crippen molar-refractivity contribution in [1.29, 1.82) is 0 Å². The molecule has 5 aliphatic rings. The van der Waals surface area contributed by atoms with Crippen molar-refractivity contribution < 1.29 is 4.79 Å². The molecule has 4 aliphatic heterocycles. The minimum atomic E-state index is 0.430. The zero-order chi connectivity index (χ0) is 17.5. The summed E-state index contributed by atoms with van der Waals surface area (Å²) < 4.78 is 0. The average Bonchev–Trinajstić information content (AvgIpc) is 2.72. The molecule has 3 nitrogen and oxygen atoms in total. The first-order valence-electron chi connectivity index (χ1n) is 10.9. The highest BCUT2D eigenvalue weighted by Gasteiger charge is 2.54. The Balaban J connectivity index is 1.44. The Morgan fingerprint density at radius 1 is 0.846 bits per heavy atom. The average molecular weight is 353 g/mol. The van der Waals surface area contributed by atoms with E-state index in [4.69, 9.17) is 0 Å². The van der Waals surface area contributed by atoms with Crippen molar-refractivity contribution >= 4 is 5.91 Å². The summed E-state index contributed by atoms with van der Waals surface area (Å²) >= 11 is 0. The zero-order valence-corrected chi connectivity index (χ0v) is 15.9. The first-order chi connectivity index (χ1) is 12.8. The molecule has 0 N–H and O–H groups in total. The van der Waals surface area contributed by atoms with Crippen molar-refractivity contribution in [1.82, 2.24) is 9.80 Å². The number of hydrogen-bond acceptors (Lipinski definition) is 2. The van der Waals surface area contributed by atoms with Gasteiger partial charge in [0.25, 0.3) is 0 Å². The summed E-state index contributed by atoms with van der Waals surface area (Å²) in [5.41, 5.74) is 1.28. The van der Waals surface area contributed by atoms with Crippen molar-refractivity contribution in [3.05, 3.63) is 35.9 Å². The Bertz CT molecular complexity index is 631. The van der Waals surface area contributed by atoms with E-state index in [9.17, 15) is 4.79 Å². The number of hydrogen-bond donors (Lipinski definition) is 0. The van der Waals surface area contributed by atoms with Crippen LogP contribution in [0.15, 0.2) is 30.3 Å². The molecule has 3 heteroatoms. The number of fused-ring (bicyclic) bond motifs is 2. The van der Waals surface area contributed by atoms with Crippen LogP contribution < -0.4 is 0 Å². The number of carbonyl (C=O) groups is 1. The Kier molecular flexibility index (Phi) is 4.52. The summed E-state index contributed by atoms with van der Waals surface area (Å²) in [5.74, 6) is 2.56. The minimum absolute atomic E-state index is 0.430. The van der Waals surface area contributed by atoms with Gasteiger partial charge >= 0.3 is 0 Å². The number of benzene rings is 1. The van der Waals surface area contributed by atoms with Crippen molar-refractivity contribution in [3.63, 3.8) is 0 Å². The molecule has 3 atom stereocenters. The van der Waals surface area contributed by atoms with E-state index in [1.165, 1.54) is 63.6 Å². The first kappa shape index (κ1) is 16.8. The minimum Gasteiger partial charge on any atom is -0.334 e. The summed E-state index contributed by atoms with van der Waals surface area (Å²) in [5, 5.41) is 0. The fraction of sp³-hybridized carbons (Fsp3) is 0.696. The van der Waals surface area contributed by atoms with E-state index < -0.39 is 0 Å². The van der Waals surface area contributed by atoms with Crippen LogP contribution in [0.2, 0.25) is 0 Å². The highest BCUT2D eigenvalue weighted by molar-refractivity contribution is 5.78. The first-order valence-corrected chi connectivity index (χ1v) is 10.9. The third-order valence-electron chi connectivity index (χ3n) is 7.81. The molecule has 6 rings (SSSR count). The lowest BCUT2D eigenvalue weighted by Gasteiger charge is -2.60. The SMILES string of the molecule is O=C1C[C@H](C2CCCCC2)[C@H]2[C@H](C3CCN2CC3)N1Cc1ccccc1. The van der Waals surface area contributed by atoms with Crippen molar-refractivity contribution in [2.24, 2.45) is 17.8 Å². The third kappa shape index (κ3) is 2.89. The summed E-state index contributed by atoms with van der Waals surface area (Å²) in [4.78, 5) is 18.3. The number of amides is 1. The number of nitrogens with zero attached hydrogens (tertiary/aromatic N) is 2. The van der Waals surface area contributed by atoms with Gasteiger partial charge in [-0.05, 0) is 49.2 Å². The fourth-order valence-corrected chi connectivity index (χ4v) is 6.60. The lowest BCUT2D eigenvalue weighted by Crippen LogP contribution is -2.70. The molecule has 2 bridgehead atoms. The van der Waals surface area contributed by atoms with Gasteiger partial charge in [-0.3, -0.25) is 9.69 Å². The molecule has 26 heavy (non-hydrogen) atoms. The molecular weight excluding hydrogens is 320 g/mol. The molecule has 0 spiro atoms. The van der Waals surface area contributed by atoms with Gasteiger partial charge in [0.2, 0.25) is 5.91 Å². The smallest absolute Gasteiger partial charge is 0.223 e. The van der Waals surface area contributed by atoms with Crippen molar-refractivity contribution in [2.45, 2.75) is 70.0 Å². The van der Waals surface area contributed by atoms with E-state index >= 15 is 0 Å². The zero-order valence-electron chi connectivity index (χ0n) is 15.9. The maximum atomic E-state index is 13.3. The standard InChI is InChI=1S/C23H32N2O/c26-21-15-20(18-9-5-2-6-10-18)23-22(19-11-13-24(23)14-12-19)25(21)16-17-7-3-1-4-8-17/h1,3-4,7-8,18-20,22-23H,2,5-6,9-16H2/t20-,22+,23+/m1/s1. The molecule has 1 amide bonds. The molecule has 0 radical (unpaired) electrons. The largest absolute Gasteiger partial charge is 0.334 e. The van der Waals surface area contributed by atoms with Gasteiger partial charge in [-0.25, -0.2) is 0 Å². The highest BCUT2D eigenvalue weighted by atomic mass is 16.2. The molecule has 4 saturated heterocycles. The topological polar surface area (TPSA) is 23.6 Å². The Morgan fingerprint density at radius 2 is 1.58 bits per heavy atom. The molecule has 1 aliphatic carbocycles. The van der Waals surface area contributed by atoms with Crippen LogP contribution in [0.25, 0.3) is 0 Å². The maximum Gasteiger partial charge on any atom is 0.223 e. The predicted molar refractivity (Wildman–Crippen MR) is 104 cm³/mol. The summed E-state index contributed by atoms with van der Waals surface area (Å²) in [6.45, 7) is 3.34. The normalized spacial score (nSPS) is 37.6. The number of piperidine rings is 4. The molecule has 4 heterocycles. The maximum absolute atomic E-state index is 13.3. The van der Waals surface area contributed by atoms with Gasteiger partial charge in [0.1, 0.15) is 0 Å². The van der Waals surface area contributed by atoms with Gasteiger partial charge in [-0.1, -0.05) is 62.4 Å². The monoisotopic (exact) mass is 352 g/mol. The van der Waals surface area contributed by atoms with E-state index in [0.29, 0.717) is 23.9 Å². The summed E-state index contributed by atoms with van der Waals surface area (Å²) in [6.07, 6.45) is 10.2. The predicted octanol–water partition coefficient (Wildman–Crippen LogP) is 4.08. The molecule has 1 aromatic carbocycles. The van der Waals surface area contributed by atoms with Crippen LogP contribution in [0.1, 0.15) is 56.9 Å². The summed E-state index contributed by atoms with van der Waals surface area (Å²) in [6, 6.07) is 11.7. The molecule has 0 aromatic heterocycles. The lowest BCUT2D eigenvalue weighted by molar-refractivity contribution is -0.161. The highest BCUT2D eigenvalue weighted by Crippen LogP contribution is 2.47. The molecular formula is C23H32N2O. The fourth-order valence-electron chi connectivity index (χ4n) is 6.60. The van der Waals surface area contributed by atoms with E-state index in [1.54, 1.807) is 0 Å². The third-order valence-corrected chi connectivity index (χ3v) is 7.81. The van der Waals surface area contributed by atoms with Crippen LogP contribution in [-0.2, 0) is 11.3 Å². The van der Waals surface area contributed by atoms with Gasteiger partial charge in [0.15, 0.2) is 0 Å². The van der Waals surface area contributed by atoms with Gasteiger partial charge in [0, 0.05) is 19.0 Å². The lowest BCUT2D eigenvalue weighted by atomic mass is 9.64. The Hall–Kier alpha value is -1.35. The Labute approximate surface area is 157 Å². The van der Waals surface area contributed by atoms with E-state index in [1.807, 2.05) is 0 Å². The van der Waals surface area contributed by atoms with Crippen LogP contribution in [0, 0.1) is 17.8 Å². The quantitative estimate of drug-likeness (QED) is 0.818. The van der Waals surface area contributed by atoms with Crippen LogP contribution in [-0.4, -0.2) is 40.9 Å². The van der Waals surface area contributed by atoms with E-state index in [2.05, 4.69) is 40.1 Å². The van der Waals surface area contributed by atoms with Crippen LogP contribution in [0.5, 0.6) is 0 Å². The van der Waals surface area contributed by atoms with Crippen LogP contribution >= 0.6 is 0 Å².